The highest BCUT2D eigenvalue weighted by atomic mass is 32.2. The molecule has 2 saturated heterocycles. The Kier molecular flexibility index (Phi) is 2.79. The fraction of sp³-hybridized carbons (Fsp3) is 1.00. The molecule has 14 heavy (non-hydrogen) atoms. The van der Waals surface area contributed by atoms with Gasteiger partial charge in [0.25, 0.3) is 10.2 Å². The molecule has 5 nitrogen and oxygen atoms in total. The molecule has 1 atom stereocenters. The van der Waals surface area contributed by atoms with E-state index in [0.29, 0.717) is 13.1 Å². The van der Waals surface area contributed by atoms with Gasteiger partial charge in [-0.2, -0.15) is 17.4 Å². The van der Waals surface area contributed by atoms with Crippen LogP contribution in [0.15, 0.2) is 0 Å². The summed E-state index contributed by atoms with van der Waals surface area (Å²) in [6.07, 6.45) is 2.03. The van der Waals surface area contributed by atoms with Crippen LogP contribution in [0.25, 0.3) is 0 Å². The van der Waals surface area contributed by atoms with Crippen molar-refractivity contribution in [2.75, 3.05) is 33.2 Å². The first kappa shape index (κ1) is 10.4. The molecule has 82 valence electrons. The number of hydrogen-bond acceptors (Lipinski definition) is 3. The zero-order valence-electron chi connectivity index (χ0n) is 8.44. The number of nitrogens with zero attached hydrogens (tertiary/aromatic N) is 2. The van der Waals surface area contributed by atoms with E-state index in [4.69, 9.17) is 0 Å². The second kappa shape index (κ2) is 3.77. The van der Waals surface area contributed by atoms with Crippen LogP contribution in [-0.4, -0.2) is 56.9 Å². The Hall–Kier alpha value is -0.170. The van der Waals surface area contributed by atoms with Crippen LogP contribution < -0.4 is 4.72 Å². The minimum Gasteiger partial charge on any atom is -0.305 e. The molecule has 2 fully saturated rings. The van der Waals surface area contributed by atoms with Crippen LogP contribution in [0.1, 0.15) is 12.8 Å². The SMILES string of the molecule is CN1CCCC(NS(=O)(=O)N2CC2)C1. The molecule has 0 spiro atoms. The van der Waals surface area contributed by atoms with Gasteiger partial charge in [-0.25, -0.2) is 0 Å². The first-order valence-corrected chi connectivity index (χ1v) is 6.48. The van der Waals surface area contributed by atoms with Gasteiger partial charge in [0.15, 0.2) is 0 Å². The maximum Gasteiger partial charge on any atom is 0.279 e. The van der Waals surface area contributed by atoms with Gasteiger partial charge in [0, 0.05) is 25.7 Å². The smallest absolute Gasteiger partial charge is 0.279 e. The average Bonchev–Trinajstić information content (AvgIpc) is 2.84. The molecule has 6 heteroatoms. The molecule has 2 aliphatic rings. The summed E-state index contributed by atoms with van der Waals surface area (Å²) in [6, 6.07) is 0.0966. The molecule has 0 bridgehead atoms. The number of rotatable bonds is 3. The van der Waals surface area contributed by atoms with Crippen LogP contribution in [0.3, 0.4) is 0 Å². The molecular weight excluding hydrogens is 202 g/mol. The Morgan fingerprint density at radius 3 is 2.57 bits per heavy atom. The molecule has 2 aliphatic heterocycles. The Morgan fingerprint density at radius 1 is 1.29 bits per heavy atom. The summed E-state index contributed by atoms with van der Waals surface area (Å²) in [4.78, 5) is 2.17. The van der Waals surface area contributed by atoms with Gasteiger partial charge in [-0.15, -0.1) is 0 Å². The monoisotopic (exact) mass is 219 g/mol. The summed E-state index contributed by atoms with van der Waals surface area (Å²) in [7, 11) is -1.13. The zero-order chi connectivity index (χ0) is 10.2. The quantitative estimate of drug-likeness (QED) is 0.634. The van der Waals surface area contributed by atoms with Crippen molar-refractivity contribution in [3.8, 4) is 0 Å². The lowest BCUT2D eigenvalue weighted by atomic mass is 10.1. The van der Waals surface area contributed by atoms with Crippen molar-refractivity contribution in [3.63, 3.8) is 0 Å². The number of likely N-dealkylation sites (tertiary alicyclic amines) is 1. The number of likely N-dealkylation sites (N-methyl/N-ethyl adjacent to an activating group) is 1. The molecule has 0 aliphatic carbocycles. The molecule has 0 amide bonds. The Morgan fingerprint density at radius 2 is 2.00 bits per heavy atom. The minimum absolute atomic E-state index is 0.0966. The molecular formula is C8H17N3O2S. The van der Waals surface area contributed by atoms with E-state index in [-0.39, 0.29) is 6.04 Å². The van der Waals surface area contributed by atoms with Crippen molar-refractivity contribution in [1.82, 2.24) is 13.9 Å². The molecule has 0 aromatic rings. The lowest BCUT2D eigenvalue weighted by Gasteiger charge is -2.29. The van der Waals surface area contributed by atoms with Crippen molar-refractivity contribution in [2.45, 2.75) is 18.9 Å². The maximum absolute atomic E-state index is 11.6. The molecule has 0 saturated carbocycles. The minimum atomic E-state index is -3.15. The zero-order valence-corrected chi connectivity index (χ0v) is 9.26. The van der Waals surface area contributed by atoms with Gasteiger partial charge in [-0.05, 0) is 26.4 Å². The van der Waals surface area contributed by atoms with Crippen LogP contribution in [0.2, 0.25) is 0 Å². The molecule has 1 N–H and O–H groups in total. The highest BCUT2D eigenvalue weighted by Gasteiger charge is 2.34. The second-order valence-corrected chi connectivity index (χ2v) is 5.83. The Bertz CT molecular complexity index is 300. The van der Waals surface area contributed by atoms with E-state index in [9.17, 15) is 8.42 Å². The van der Waals surface area contributed by atoms with Crippen molar-refractivity contribution in [2.24, 2.45) is 0 Å². The van der Waals surface area contributed by atoms with Crippen molar-refractivity contribution in [1.29, 1.82) is 0 Å². The summed E-state index contributed by atoms with van der Waals surface area (Å²) in [5.41, 5.74) is 0. The van der Waals surface area contributed by atoms with E-state index in [1.165, 1.54) is 4.31 Å². The van der Waals surface area contributed by atoms with E-state index in [1.807, 2.05) is 7.05 Å². The molecule has 1 unspecified atom stereocenters. The summed E-state index contributed by atoms with van der Waals surface area (Å²) < 4.78 is 27.3. The molecule has 2 heterocycles. The van der Waals surface area contributed by atoms with Gasteiger partial charge in [0.05, 0.1) is 0 Å². The van der Waals surface area contributed by atoms with Crippen molar-refractivity contribution >= 4 is 10.2 Å². The van der Waals surface area contributed by atoms with Crippen LogP contribution in [0.4, 0.5) is 0 Å². The fourth-order valence-electron chi connectivity index (χ4n) is 1.83. The largest absolute Gasteiger partial charge is 0.305 e. The van der Waals surface area contributed by atoms with Gasteiger partial charge in [-0.3, -0.25) is 0 Å². The molecule has 0 aromatic heterocycles. The van der Waals surface area contributed by atoms with Crippen molar-refractivity contribution < 1.29 is 8.42 Å². The van der Waals surface area contributed by atoms with E-state index in [1.54, 1.807) is 0 Å². The topological polar surface area (TPSA) is 52.4 Å². The van der Waals surface area contributed by atoms with Gasteiger partial charge in [-0.1, -0.05) is 0 Å². The normalized spacial score (nSPS) is 30.5. The van der Waals surface area contributed by atoms with E-state index in [2.05, 4.69) is 9.62 Å². The van der Waals surface area contributed by atoms with Crippen molar-refractivity contribution in [3.05, 3.63) is 0 Å². The molecule has 0 aromatic carbocycles. The van der Waals surface area contributed by atoms with Gasteiger partial charge < -0.3 is 4.90 Å². The highest BCUT2D eigenvalue weighted by Crippen LogP contribution is 2.14. The van der Waals surface area contributed by atoms with E-state index >= 15 is 0 Å². The average molecular weight is 219 g/mol. The Balaban J connectivity index is 1.90. The third-order valence-corrected chi connectivity index (χ3v) is 4.36. The third-order valence-electron chi connectivity index (χ3n) is 2.69. The number of hydrogen-bond donors (Lipinski definition) is 1. The van der Waals surface area contributed by atoms with E-state index < -0.39 is 10.2 Å². The van der Waals surface area contributed by atoms with Crippen LogP contribution in [0.5, 0.6) is 0 Å². The summed E-state index contributed by atoms with van der Waals surface area (Å²) in [5.74, 6) is 0. The maximum atomic E-state index is 11.6. The lowest BCUT2D eigenvalue weighted by Crippen LogP contribution is -2.47. The summed E-state index contributed by atoms with van der Waals surface area (Å²) in [5, 5.41) is 0. The van der Waals surface area contributed by atoms with Crippen LogP contribution in [-0.2, 0) is 10.2 Å². The van der Waals surface area contributed by atoms with E-state index in [0.717, 1.165) is 25.9 Å². The van der Waals surface area contributed by atoms with Gasteiger partial charge >= 0.3 is 0 Å². The van der Waals surface area contributed by atoms with Gasteiger partial charge in [0.1, 0.15) is 0 Å². The number of piperidine rings is 1. The molecule has 2 rings (SSSR count). The third kappa shape index (κ3) is 2.44. The first-order valence-electron chi connectivity index (χ1n) is 5.04. The predicted molar refractivity (Wildman–Crippen MR) is 54.1 cm³/mol. The molecule has 0 radical (unpaired) electrons. The standard InChI is InChI=1S/C8H17N3O2S/c1-10-4-2-3-8(7-10)9-14(12,13)11-5-6-11/h8-9H,2-7H2,1H3. The number of nitrogens with one attached hydrogen (secondary N) is 1. The van der Waals surface area contributed by atoms with Gasteiger partial charge in [0.2, 0.25) is 0 Å². The lowest BCUT2D eigenvalue weighted by molar-refractivity contribution is 0.241. The highest BCUT2D eigenvalue weighted by molar-refractivity contribution is 7.87. The Labute approximate surface area is 85.2 Å². The summed E-state index contributed by atoms with van der Waals surface area (Å²) in [6.45, 7) is 3.25. The van der Waals surface area contributed by atoms with Crippen LogP contribution >= 0.6 is 0 Å². The summed E-state index contributed by atoms with van der Waals surface area (Å²) >= 11 is 0. The fourth-order valence-corrected chi connectivity index (χ4v) is 3.15. The van der Waals surface area contributed by atoms with Crippen LogP contribution in [0, 0.1) is 0 Å². The second-order valence-electron chi connectivity index (χ2n) is 4.12. The first-order chi connectivity index (χ1) is 6.58. The predicted octanol–water partition coefficient (Wildman–Crippen LogP) is -0.769.